The molecule has 2 amide bonds. The molecule has 0 unspecified atom stereocenters. The average molecular weight is 724 g/mol. The van der Waals surface area contributed by atoms with Gasteiger partial charge in [-0.3, -0.25) is 19.4 Å². The quantitative estimate of drug-likeness (QED) is 0.161. The van der Waals surface area contributed by atoms with Crippen LogP contribution in [0.1, 0.15) is 58.3 Å². The minimum absolute atomic E-state index is 0.00692. The maximum atomic E-state index is 14.6. The molecule has 1 saturated carbocycles. The molecule has 1 spiro atoms. The van der Waals surface area contributed by atoms with Crippen molar-refractivity contribution in [3.05, 3.63) is 76.6 Å². The van der Waals surface area contributed by atoms with Gasteiger partial charge in [-0.05, 0) is 84.0 Å². The number of carbonyl (C=O) groups excluding carboxylic acids is 2. The fraction of sp³-hybridized carbons (Fsp3) is 0.371. The summed E-state index contributed by atoms with van der Waals surface area (Å²) in [6.45, 7) is 0.246. The second-order valence-electron chi connectivity index (χ2n) is 13.3. The Kier molecular flexibility index (Phi) is 8.68. The molecule has 1 aliphatic carbocycles. The molecule has 0 atom stereocenters. The third kappa shape index (κ3) is 6.90. The summed E-state index contributed by atoms with van der Waals surface area (Å²) in [4.78, 5) is 33.7. The van der Waals surface area contributed by atoms with Gasteiger partial charge in [-0.15, -0.1) is 10.2 Å². The van der Waals surface area contributed by atoms with Crippen LogP contribution < -0.4 is 15.5 Å². The average Bonchev–Trinajstić information content (AvgIpc) is 3.51. The minimum Gasteiger partial charge on any atom is -0.370 e. The van der Waals surface area contributed by atoms with Gasteiger partial charge >= 0.3 is 12.4 Å². The molecule has 1 saturated heterocycles. The number of aryl methyl sites for hydroxylation is 1. The number of halogens is 6. The molecular weight excluding hydrogens is 692 g/mol. The third-order valence-electron chi connectivity index (χ3n) is 9.43. The van der Waals surface area contributed by atoms with Gasteiger partial charge in [0.2, 0.25) is 5.91 Å². The van der Waals surface area contributed by atoms with Crippen LogP contribution in [0.4, 0.5) is 38.0 Å². The molecule has 270 valence electrons. The lowest BCUT2D eigenvalue weighted by Gasteiger charge is -2.33. The van der Waals surface area contributed by atoms with Crippen LogP contribution >= 0.6 is 0 Å². The number of unbranched alkanes of at least 4 members (excludes halogenated alkanes) is 1. The lowest BCUT2D eigenvalue weighted by molar-refractivity contribution is -0.138. The number of carbonyl (C=O) groups is 2. The van der Waals surface area contributed by atoms with E-state index in [4.69, 9.17) is 5.26 Å². The molecule has 4 heterocycles. The highest BCUT2D eigenvalue weighted by molar-refractivity contribution is 6.10. The van der Waals surface area contributed by atoms with Crippen molar-refractivity contribution in [3.63, 3.8) is 0 Å². The van der Waals surface area contributed by atoms with Crippen LogP contribution in [0.2, 0.25) is 0 Å². The van der Waals surface area contributed by atoms with Crippen LogP contribution in [0.3, 0.4) is 0 Å². The predicted octanol–water partition coefficient (Wildman–Crippen LogP) is 5.92. The van der Waals surface area contributed by atoms with E-state index in [1.54, 1.807) is 11.9 Å². The molecule has 2 fully saturated rings. The number of hydrogen-bond acceptors (Lipinski definition) is 8. The van der Waals surface area contributed by atoms with E-state index in [0.29, 0.717) is 13.0 Å². The SMILES string of the molecule is Cn1cnnc1-c1ccc(C(F)(F)F)cc1-c1cc(NCCCC#N)nc(N2Cc3c(cc(CN4CC(=O)NC5(CC5)C4)cc3C(F)(F)F)C2=O)c1. The number of hydrogen-bond donors (Lipinski definition) is 2. The molecule has 2 aromatic heterocycles. The maximum absolute atomic E-state index is 14.6. The highest BCUT2D eigenvalue weighted by Crippen LogP contribution is 2.43. The van der Waals surface area contributed by atoms with Gasteiger partial charge in [0.25, 0.3) is 5.91 Å². The summed E-state index contributed by atoms with van der Waals surface area (Å²) >= 11 is 0. The van der Waals surface area contributed by atoms with E-state index in [1.165, 1.54) is 35.2 Å². The third-order valence-corrected chi connectivity index (χ3v) is 9.43. The first-order valence-corrected chi connectivity index (χ1v) is 16.4. The van der Waals surface area contributed by atoms with E-state index >= 15 is 0 Å². The highest BCUT2D eigenvalue weighted by atomic mass is 19.4. The van der Waals surface area contributed by atoms with E-state index in [2.05, 4.69) is 25.8 Å². The van der Waals surface area contributed by atoms with Gasteiger partial charge in [-0.25, -0.2) is 4.98 Å². The highest BCUT2D eigenvalue weighted by Gasteiger charge is 2.48. The van der Waals surface area contributed by atoms with Gasteiger partial charge in [0, 0.05) is 44.2 Å². The summed E-state index contributed by atoms with van der Waals surface area (Å²) < 4.78 is 87.3. The number of nitrogens with zero attached hydrogens (tertiary/aromatic N) is 7. The van der Waals surface area contributed by atoms with Gasteiger partial charge in [-0.1, -0.05) is 0 Å². The molecule has 3 aliphatic rings. The summed E-state index contributed by atoms with van der Waals surface area (Å²) in [6.07, 6.45) is -5.99. The number of amides is 2. The molecule has 4 aromatic rings. The molecule has 17 heteroatoms. The molecule has 7 rings (SSSR count). The van der Waals surface area contributed by atoms with E-state index < -0.39 is 35.9 Å². The van der Waals surface area contributed by atoms with Crippen LogP contribution in [0, 0.1) is 11.3 Å². The standard InChI is InChI=1S/C35H31F6N9O2/c1-48-19-44-47-31(48)23-5-4-22(34(36,37)38)14-24(23)21-12-28(43-9-3-2-8-42)45-29(13-21)50-16-26-25(32(50)52)10-20(11-27(26)35(39,40)41)15-49-17-30(51)46-33(18-49)6-7-33/h4-5,10-14,19H,2-3,6-7,9,15-18H2,1H3,(H,43,45)(H,46,51). The Bertz CT molecular complexity index is 2120. The van der Waals surface area contributed by atoms with Gasteiger partial charge < -0.3 is 15.2 Å². The van der Waals surface area contributed by atoms with Gasteiger partial charge in [0.05, 0.1) is 35.8 Å². The first-order valence-electron chi connectivity index (χ1n) is 16.4. The Morgan fingerprint density at radius 3 is 2.44 bits per heavy atom. The minimum atomic E-state index is -4.82. The van der Waals surface area contributed by atoms with Crippen molar-refractivity contribution in [3.8, 4) is 28.6 Å². The van der Waals surface area contributed by atoms with E-state index in [9.17, 15) is 35.9 Å². The molecule has 52 heavy (non-hydrogen) atoms. The Balaban J connectivity index is 1.30. The number of nitrogens with one attached hydrogen (secondary N) is 2. The number of aromatic nitrogens is 4. The van der Waals surface area contributed by atoms with Crippen LogP contribution in [-0.2, 0) is 37.3 Å². The summed E-state index contributed by atoms with van der Waals surface area (Å²) in [6, 6.07) is 10.4. The van der Waals surface area contributed by atoms with E-state index in [1.807, 2.05) is 6.07 Å². The largest absolute Gasteiger partial charge is 0.416 e. The monoisotopic (exact) mass is 723 g/mol. The first-order chi connectivity index (χ1) is 24.6. The Morgan fingerprint density at radius 1 is 0.981 bits per heavy atom. The Hall–Kier alpha value is -5.50. The van der Waals surface area contributed by atoms with E-state index in [-0.39, 0.29) is 88.3 Å². The summed E-state index contributed by atoms with van der Waals surface area (Å²) in [5.74, 6) is -0.703. The maximum Gasteiger partial charge on any atom is 0.416 e. The van der Waals surface area contributed by atoms with Crippen molar-refractivity contribution < 1.29 is 35.9 Å². The molecule has 2 aliphatic heterocycles. The smallest absolute Gasteiger partial charge is 0.370 e. The van der Waals surface area contributed by atoms with Crippen molar-refractivity contribution in [2.45, 2.75) is 56.7 Å². The lowest BCUT2D eigenvalue weighted by Crippen LogP contribution is -2.55. The molecular formula is C35H31F6N9O2. The number of piperazine rings is 1. The molecule has 0 radical (unpaired) electrons. The van der Waals surface area contributed by atoms with Crippen LogP contribution in [0.25, 0.3) is 22.5 Å². The van der Waals surface area contributed by atoms with Gasteiger partial charge in [0.1, 0.15) is 18.0 Å². The van der Waals surface area contributed by atoms with Crippen LogP contribution in [0.5, 0.6) is 0 Å². The molecule has 2 aromatic carbocycles. The number of rotatable bonds is 9. The zero-order valence-electron chi connectivity index (χ0n) is 27.7. The molecule has 0 bridgehead atoms. The molecule has 2 N–H and O–H groups in total. The second-order valence-corrected chi connectivity index (χ2v) is 13.3. The Labute approximate surface area is 293 Å². The zero-order valence-corrected chi connectivity index (χ0v) is 27.7. The van der Waals surface area contributed by atoms with Crippen molar-refractivity contribution in [2.24, 2.45) is 7.05 Å². The Morgan fingerprint density at radius 2 is 1.77 bits per heavy atom. The number of anilines is 2. The molecule has 11 nitrogen and oxygen atoms in total. The van der Waals surface area contributed by atoms with Gasteiger partial charge in [-0.2, -0.15) is 31.6 Å². The fourth-order valence-corrected chi connectivity index (χ4v) is 6.83. The number of fused-ring (bicyclic) bond motifs is 1. The van der Waals surface area contributed by atoms with Crippen molar-refractivity contribution in [1.29, 1.82) is 5.26 Å². The lowest BCUT2D eigenvalue weighted by atomic mass is 9.96. The predicted molar refractivity (Wildman–Crippen MR) is 175 cm³/mol. The van der Waals surface area contributed by atoms with Crippen LogP contribution in [0.15, 0.2) is 48.8 Å². The van der Waals surface area contributed by atoms with E-state index in [0.717, 1.165) is 35.9 Å². The number of nitriles is 1. The summed E-state index contributed by atoms with van der Waals surface area (Å²) in [7, 11) is 1.62. The van der Waals surface area contributed by atoms with Gasteiger partial charge in [0.15, 0.2) is 5.82 Å². The number of alkyl halides is 6. The van der Waals surface area contributed by atoms with Crippen molar-refractivity contribution >= 4 is 23.5 Å². The topological polar surface area (TPSA) is 132 Å². The zero-order chi connectivity index (χ0) is 37.0. The number of pyridine rings is 1. The second kappa shape index (κ2) is 12.9. The van der Waals surface area contributed by atoms with Crippen molar-refractivity contribution in [1.82, 2.24) is 30.0 Å². The first kappa shape index (κ1) is 34.9. The normalized spacial score (nSPS) is 16.9. The number of benzene rings is 2. The summed E-state index contributed by atoms with van der Waals surface area (Å²) in [5, 5.41) is 22.9. The fourth-order valence-electron chi connectivity index (χ4n) is 6.83. The summed E-state index contributed by atoms with van der Waals surface area (Å²) in [5.41, 5.74) is -2.02. The van der Waals surface area contributed by atoms with Crippen LogP contribution in [-0.4, -0.2) is 61.6 Å². The van der Waals surface area contributed by atoms with Crippen molar-refractivity contribution in [2.75, 3.05) is 29.9 Å².